The predicted molar refractivity (Wildman–Crippen MR) is 96.4 cm³/mol. The van der Waals surface area contributed by atoms with Crippen LogP contribution < -0.4 is 0 Å². The number of aliphatic carboxylic acids is 1. The predicted octanol–water partition coefficient (Wildman–Crippen LogP) is 2.83. The van der Waals surface area contributed by atoms with E-state index in [4.69, 9.17) is 5.11 Å². The number of nitrogens with zero attached hydrogens (tertiary/aromatic N) is 1. The Morgan fingerprint density at radius 2 is 2.25 bits per heavy atom. The van der Waals surface area contributed by atoms with E-state index in [0.29, 0.717) is 25.1 Å². The van der Waals surface area contributed by atoms with Crippen molar-refractivity contribution in [2.45, 2.75) is 32.2 Å². The lowest BCUT2D eigenvalue weighted by atomic mass is 10.1. The van der Waals surface area contributed by atoms with Gasteiger partial charge >= 0.3 is 5.97 Å². The standard InChI is InChI=1S/C18H22N2O3S/c1-12-2-4-16-15(8-12)13(10-19-16)3-5-17(21)20-6-7-24-11-14(20)9-18(22)23/h2,4,8,10,14,19H,3,5-7,9,11H2,1H3,(H,22,23). The highest BCUT2D eigenvalue weighted by Crippen LogP contribution is 2.23. The fraction of sp³-hybridized carbons (Fsp3) is 0.444. The molecule has 1 aromatic heterocycles. The summed E-state index contributed by atoms with van der Waals surface area (Å²) in [6, 6.07) is 6.08. The van der Waals surface area contributed by atoms with Crippen LogP contribution in [0.3, 0.4) is 0 Å². The van der Waals surface area contributed by atoms with Gasteiger partial charge in [-0.15, -0.1) is 0 Å². The van der Waals surface area contributed by atoms with Gasteiger partial charge in [0, 0.05) is 41.6 Å². The van der Waals surface area contributed by atoms with Gasteiger partial charge in [-0.2, -0.15) is 11.8 Å². The highest BCUT2D eigenvalue weighted by atomic mass is 32.2. The van der Waals surface area contributed by atoms with Crippen LogP contribution in [0.5, 0.6) is 0 Å². The fourth-order valence-corrected chi connectivity index (χ4v) is 4.30. The number of aromatic amines is 1. The first-order valence-electron chi connectivity index (χ1n) is 8.20. The number of carboxylic acid groups (broad SMARTS) is 1. The van der Waals surface area contributed by atoms with Gasteiger partial charge in [-0.05, 0) is 31.0 Å². The molecule has 0 saturated carbocycles. The Balaban J connectivity index is 1.67. The summed E-state index contributed by atoms with van der Waals surface area (Å²) >= 11 is 1.72. The lowest BCUT2D eigenvalue weighted by molar-refractivity contribution is -0.140. The molecule has 0 bridgehead atoms. The number of H-pyrrole nitrogens is 1. The van der Waals surface area contributed by atoms with Crippen molar-refractivity contribution in [3.05, 3.63) is 35.5 Å². The number of rotatable bonds is 5. The maximum Gasteiger partial charge on any atom is 0.305 e. The number of carbonyl (C=O) groups is 2. The zero-order valence-electron chi connectivity index (χ0n) is 13.7. The van der Waals surface area contributed by atoms with E-state index in [2.05, 4.69) is 30.1 Å². The van der Waals surface area contributed by atoms with Crippen LogP contribution in [0.25, 0.3) is 10.9 Å². The molecule has 1 saturated heterocycles. The first-order valence-corrected chi connectivity index (χ1v) is 9.35. The van der Waals surface area contributed by atoms with E-state index in [0.717, 1.165) is 16.8 Å². The molecule has 1 aromatic carbocycles. The second-order valence-corrected chi connectivity index (χ2v) is 7.43. The number of benzene rings is 1. The molecular formula is C18H22N2O3S. The number of aromatic nitrogens is 1. The molecule has 128 valence electrons. The summed E-state index contributed by atoms with van der Waals surface area (Å²) in [6.45, 7) is 2.71. The molecule has 0 spiro atoms. The minimum atomic E-state index is -0.840. The van der Waals surface area contributed by atoms with Crippen molar-refractivity contribution in [2.75, 3.05) is 18.1 Å². The van der Waals surface area contributed by atoms with E-state index < -0.39 is 5.97 Å². The lowest BCUT2D eigenvalue weighted by Crippen LogP contribution is -2.47. The normalized spacial score (nSPS) is 18.0. The van der Waals surface area contributed by atoms with E-state index in [1.807, 2.05) is 6.20 Å². The molecule has 1 amide bonds. The molecule has 0 aliphatic carbocycles. The molecule has 1 aliphatic rings. The van der Waals surface area contributed by atoms with Gasteiger partial charge in [0.05, 0.1) is 12.5 Å². The second kappa shape index (κ2) is 7.30. The molecule has 1 aliphatic heterocycles. The Bertz CT molecular complexity index is 756. The van der Waals surface area contributed by atoms with Crippen LogP contribution in [-0.2, 0) is 16.0 Å². The summed E-state index contributed by atoms with van der Waals surface area (Å²) in [4.78, 5) is 28.6. The van der Waals surface area contributed by atoms with Crippen LogP contribution in [0.2, 0.25) is 0 Å². The van der Waals surface area contributed by atoms with Crippen molar-refractivity contribution in [1.82, 2.24) is 9.88 Å². The zero-order valence-corrected chi connectivity index (χ0v) is 14.6. The van der Waals surface area contributed by atoms with E-state index in [9.17, 15) is 9.59 Å². The van der Waals surface area contributed by atoms with Crippen molar-refractivity contribution >= 4 is 34.5 Å². The second-order valence-electron chi connectivity index (χ2n) is 6.28. The molecule has 2 heterocycles. The molecule has 3 rings (SSSR count). The Morgan fingerprint density at radius 1 is 1.42 bits per heavy atom. The lowest BCUT2D eigenvalue weighted by Gasteiger charge is -2.34. The van der Waals surface area contributed by atoms with E-state index >= 15 is 0 Å². The van der Waals surface area contributed by atoms with Crippen LogP contribution in [0.4, 0.5) is 0 Å². The van der Waals surface area contributed by atoms with Crippen LogP contribution in [0.1, 0.15) is 24.0 Å². The van der Waals surface area contributed by atoms with Crippen molar-refractivity contribution in [2.24, 2.45) is 0 Å². The number of thioether (sulfide) groups is 1. The third kappa shape index (κ3) is 3.75. The molecule has 6 heteroatoms. The van der Waals surface area contributed by atoms with Crippen LogP contribution in [-0.4, -0.2) is 51.0 Å². The number of aryl methyl sites for hydroxylation is 2. The number of carbonyl (C=O) groups excluding carboxylic acids is 1. The van der Waals surface area contributed by atoms with E-state index in [1.54, 1.807) is 16.7 Å². The minimum absolute atomic E-state index is 0.0328. The molecule has 2 N–H and O–H groups in total. The van der Waals surface area contributed by atoms with Crippen molar-refractivity contribution in [3.63, 3.8) is 0 Å². The molecular weight excluding hydrogens is 324 g/mol. The van der Waals surface area contributed by atoms with Crippen molar-refractivity contribution < 1.29 is 14.7 Å². The average Bonchev–Trinajstić information content (AvgIpc) is 2.94. The van der Waals surface area contributed by atoms with Gasteiger partial charge in [-0.1, -0.05) is 11.6 Å². The minimum Gasteiger partial charge on any atom is -0.481 e. The summed E-state index contributed by atoms with van der Waals surface area (Å²) in [7, 11) is 0. The topological polar surface area (TPSA) is 73.4 Å². The summed E-state index contributed by atoms with van der Waals surface area (Å²) in [5, 5.41) is 10.2. The third-order valence-electron chi connectivity index (χ3n) is 4.49. The van der Waals surface area contributed by atoms with Gasteiger partial charge in [-0.3, -0.25) is 9.59 Å². The summed E-state index contributed by atoms with van der Waals surface area (Å²) in [5.41, 5.74) is 3.42. The largest absolute Gasteiger partial charge is 0.481 e. The van der Waals surface area contributed by atoms with Crippen LogP contribution >= 0.6 is 11.8 Å². The van der Waals surface area contributed by atoms with E-state index in [1.165, 1.54) is 10.9 Å². The number of fused-ring (bicyclic) bond motifs is 1. The van der Waals surface area contributed by atoms with E-state index in [-0.39, 0.29) is 18.4 Å². The Kier molecular flexibility index (Phi) is 5.14. The van der Waals surface area contributed by atoms with Crippen molar-refractivity contribution in [3.8, 4) is 0 Å². The van der Waals surface area contributed by atoms with Crippen molar-refractivity contribution in [1.29, 1.82) is 0 Å². The number of hydrogen-bond donors (Lipinski definition) is 2. The number of amides is 1. The van der Waals surface area contributed by atoms with Gasteiger partial charge in [0.2, 0.25) is 5.91 Å². The molecule has 1 fully saturated rings. The first kappa shape index (κ1) is 16.9. The zero-order chi connectivity index (χ0) is 17.1. The highest BCUT2D eigenvalue weighted by Gasteiger charge is 2.28. The molecule has 1 unspecified atom stereocenters. The Morgan fingerprint density at radius 3 is 3.04 bits per heavy atom. The Labute approximate surface area is 145 Å². The maximum absolute atomic E-state index is 12.6. The van der Waals surface area contributed by atoms with Gasteiger partial charge in [0.25, 0.3) is 0 Å². The maximum atomic E-state index is 12.6. The SMILES string of the molecule is Cc1ccc2[nH]cc(CCC(=O)N3CCSCC3CC(=O)O)c2c1. The number of carboxylic acids is 1. The van der Waals surface area contributed by atoms with Gasteiger partial charge < -0.3 is 15.0 Å². The van der Waals surface area contributed by atoms with Gasteiger partial charge in [0.15, 0.2) is 0 Å². The summed E-state index contributed by atoms with van der Waals surface area (Å²) < 4.78 is 0. The molecule has 0 radical (unpaired) electrons. The highest BCUT2D eigenvalue weighted by molar-refractivity contribution is 7.99. The van der Waals surface area contributed by atoms with Gasteiger partial charge in [-0.25, -0.2) is 0 Å². The molecule has 24 heavy (non-hydrogen) atoms. The quantitative estimate of drug-likeness (QED) is 0.873. The molecule has 5 nitrogen and oxygen atoms in total. The number of hydrogen-bond acceptors (Lipinski definition) is 3. The first-order chi connectivity index (χ1) is 11.5. The Hall–Kier alpha value is -1.95. The van der Waals surface area contributed by atoms with Gasteiger partial charge in [0.1, 0.15) is 0 Å². The smallest absolute Gasteiger partial charge is 0.305 e. The number of nitrogens with one attached hydrogen (secondary N) is 1. The molecule has 1 atom stereocenters. The summed E-state index contributed by atoms with van der Waals surface area (Å²) in [5.74, 6) is 0.814. The van der Waals surface area contributed by atoms with Crippen LogP contribution in [0.15, 0.2) is 24.4 Å². The van der Waals surface area contributed by atoms with Crippen LogP contribution in [0, 0.1) is 6.92 Å². The molecule has 2 aromatic rings. The summed E-state index contributed by atoms with van der Waals surface area (Å²) in [6.07, 6.45) is 3.09. The average molecular weight is 346 g/mol. The fourth-order valence-electron chi connectivity index (χ4n) is 3.24. The monoisotopic (exact) mass is 346 g/mol. The third-order valence-corrected chi connectivity index (χ3v) is 5.58.